The molecule has 1 heterocycles. The largest absolute Gasteiger partial charge is 0.494 e. The Morgan fingerprint density at radius 1 is 1.24 bits per heavy atom. The Balaban J connectivity index is 1.80. The van der Waals surface area contributed by atoms with Gasteiger partial charge in [0, 0.05) is 13.1 Å². The zero-order valence-electron chi connectivity index (χ0n) is 13.6. The molecule has 1 N–H and O–H groups in total. The standard InChI is InChI=1S/C18H30N2O/c1-3-12-21-18-9-7-16(8-10-18)14-20-11-5-6-17(15-20)13-19-4-2/h7-10,17,19H,3-6,11-15H2,1-2H3. The van der Waals surface area contributed by atoms with E-state index in [1.54, 1.807) is 0 Å². The number of likely N-dealkylation sites (tertiary alicyclic amines) is 1. The van der Waals surface area contributed by atoms with E-state index in [2.05, 4.69) is 48.3 Å². The number of hydrogen-bond acceptors (Lipinski definition) is 3. The lowest BCUT2D eigenvalue weighted by molar-refractivity contribution is 0.166. The van der Waals surface area contributed by atoms with Gasteiger partial charge in [-0.05, 0) is 62.5 Å². The van der Waals surface area contributed by atoms with Gasteiger partial charge in [-0.15, -0.1) is 0 Å². The van der Waals surface area contributed by atoms with Crippen molar-refractivity contribution in [3.8, 4) is 5.75 Å². The van der Waals surface area contributed by atoms with Crippen LogP contribution in [0.5, 0.6) is 5.75 Å². The van der Waals surface area contributed by atoms with E-state index in [1.165, 1.54) is 31.5 Å². The van der Waals surface area contributed by atoms with Crippen LogP contribution in [-0.4, -0.2) is 37.7 Å². The van der Waals surface area contributed by atoms with Gasteiger partial charge in [-0.1, -0.05) is 26.0 Å². The predicted octanol–water partition coefficient (Wildman–Crippen LogP) is 3.30. The zero-order valence-corrected chi connectivity index (χ0v) is 13.6. The van der Waals surface area contributed by atoms with Gasteiger partial charge in [0.2, 0.25) is 0 Å². The highest BCUT2D eigenvalue weighted by Gasteiger charge is 2.19. The van der Waals surface area contributed by atoms with Gasteiger partial charge in [-0.2, -0.15) is 0 Å². The maximum absolute atomic E-state index is 5.64. The van der Waals surface area contributed by atoms with E-state index in [-0.39, 0.29) is 0 Å². The molecule has 0 aliphatic carbocycles. The summed E-state index contributed by atoms with van der Waals surface area (Å²) in [5.74, 6) is 1.80. The van der Waals surface area contributed by atoms with E-state index in [9.17, 15) is 0 Å². The molecule has 0 amide bonds. The summed E-state index contributed by atoms with van der Waals surface area (Å²) in [4.78, 5) is 2.59. The Morgan fingerprint density at radius 3 is 2.76 bits per heavy atom. The summed E-state index contributed by atoms with van der Waals surface area (Å²) in [6.45, 7) is 10.9. The Kier molecular flexibility index (Phi) is 7.04. The molecule has 1 aliphatic rings. The molecule has 3 heteroatoms. The van der Waals surface area contributed by atoms with Crippen LogP contribution in [0.2, 0.25) is 0 Å². The molecule has 1 unspecified atom stereocenters. The average molecular weight is 290 g/mol. The number of rotatable bonds is 8. The summed E-state index contributed by atoms with van der Waals surface area (Å²) < 4.78 is 5.64. The second kappa shape index (κ2) is 9.06. The van der Waals surface area contributed by atoms with Gasteiger partial charge in [0.05, 0.1) is 6.61 Å². The van der Waals surface area contributed by atoms with Crippen LogP contribution in [0.25, 0.3) is 0 Å². The molecule has 0 bridgehead atoms. The smallest absolute Gasteiger partial charge is 0.119 e. The number of ether oxygens (including phenoxy) is 1. The Labute approximate surface area is 129 Å². The van der Waals surface area contributed by atoms with Crippen molar-refractivity contribution < 1.29 is 4.74 Å². The summed E-state index contributed by atoms with van der Waals surface area (Å²) in [5.41, 5.74) is 1.39. The number of hydrogen-bond donors (Lipinski definition) is 1. The van der Waals surface area contributed by atoms with Gasteiger partial charge < -0.3 is 10.1 Å². The van der Waals surface area contributed by atoms with Crippen molar-refractivity contribution in [2.24, 2.45) is 5.92 Å². The topological polar surface area (TPSA) is 24.5 Å². The Morgan fingerprint density at radius 2 is 2.05 bits per heavy atom. The highest BCUT2D eigenvalue weighted by molar-refractivity contribution is 5.27. The van der Waals surface area contributed by atoms with Crippen LogP contribution in [0.4, 0.5) is 0 Å². The average Bonchev–Trinajstić information content (AvgIpc) is 2.53. The van der Waals surface area contributed by atoms with Crippen LogP contribution in [0.15, 0.2) is 24.3 Å². The fraction of sp³-hybridized carbons (Fsp3) is 0.667. The van der Waals surface area contributed by atoms with Gasteiger partial charge in [-0.25, -0.2) is 0 Å². The Bertz CT molecular complexity index is 391. The first-order chi connectivity index (χ1) is 10.3. The minimum atomic E-state index is 0.803. The second-order valence-corrected chi connectivity index (χ2v) is 6.04. The Hall–Kier alpha value is -1.06. The molecule has 0 radical (unpaired) electrons. The van der Waals surface area contributed by atoms with E-state index in [0.717, 1.165) is 44.3 Å². The van der Waals surface area contributed by atoms with Crippen LogP contribution >= 0.6 is 0 Å². The normalized spacial score (nSPS) is 19.6. The number of piperidine rings is 1. The zero-order chi connectivity index (χ0) is 14.9. The molecule has 1 fully saturated rings. The molecule has 3 nitrogen and oxygen atoms in total. The van der Waals surface area contributed by atoms with Gasteiger partial charge in [0.15, 0.2) is 0 Å². The highest BCUT2D eigenvalue weighted by Crippen LogP contribution is 2.19. The molecule has 0 spiro atoms. The lowest BCUT2D eigenvalue weighted by Crippen LogP contribution is -2.39. The van der Waals surface area contributed by atoms with Crippen molar-refractivity contribution in [1.29, 1.82) is 0 Å². The van der Waals surface area contributed by atoms with Gasteiger partial charge >= 0.3 is 0 Å². The fourth-order valence-electron chi connectivity index (χ4n) is 2.98. The van der Waals surface area contributed by atoms with Crippen LogP contribution in [0, 0.1) is 5.92 Å². The van der Waals surface area contributed by atoms with Crippen LogP contribution in [0.1, 0.15) is 38.7 Å². The molecule has 1 atom stereocenters. The summed E-state index contributed by atoms with van der Waals surface area (Å²) in [7, 11) is 0. The van der Waals surface area contributed by atoms with Crippen molar-refractivity contribution in [2.75, 3.05) is 32.8 Å². The first kappa shape index (κ1) is 16.3. The summed E-state index contributed by atoms with van der Waals surface area (Å²) in [6.07, 6.45) is 3.75. The number of benzene rings is 1. The minimum Gasteiger partial charge on any atom is -0.494 e. The van der Waals surface area contributed by atoms with Crippen molar-refractivity contribution in [3.05, 3.63) is 29.8 Å². The van der Waals surface area contributed by atoms with E-state index in [4.69, 9.17) is 4.74 Å². The van der Waals surface area contributed by atoms with Gasteiger partial charge in [-0.3, -0.25) is 4.90 Å². The SMILES string of the molecule is CCCOc1ccc(CN2CCCC(CNCC)C2)cc1. The molecule has 21 heavy (non-hydrogen) atoms. The van der Waals surface area contributed by atoms with Crippen LogP contribution < -0.4 is 10.1 Å². The molecule has 2 rings (SSSR count). The van der Waals surface area contributed by atoms with Gasteiger partial charge in [0.1, 0.15) is 5.75 Å². The number of nitrogens with zero attached hydrogens (tertiary/aromatic N) is 1. The van der Waals surface area contributed by atoms with E-state index >= 15 is 0 Å². The van der Waals surface area contributed by atoms with Crippen molar-refractivity contribution in [2.45, 2.75) is 39.7 Å². The first-order valence-corrected chi connectivity index (χ1v) is 8.46. The lowest BCUT2D eigenvalue weighted by Gasteiger charge is -2.32. The molecule has 118 valence electrons. The second-order valence-electron chi connectivity index (χ2n) is 6.04. The van der Waals surface area contributed by atoms with Crippen molar-refractivity contribution in [3.63, 3.8) is 0 Å². The third-order valence-electron chi connectivity index (χ3n) is 4.09. The fourth-order valence-corrected chi connectivity index (χ4v) is 2.98. The highest BCUT2D eigenvalue weighted by atomic mass is 16.5. The monoisotopic (exact) mass is 290 g/mol. The molecular formula is C18H30N2O. The third-order valence-corrected chi connectivity index (χ3v) is 4.09. The first-order valence-electron chi connectivity index (χ1n) is 8.46. The van der Waals surface area contributed by atoms with Gasteiger partial charge in [0.25, 0.3) is 0 Å². The number of nitrogens with one attached hydrogen (secondary N) is 1. The quantitative estimate of drug-likeness (QED) is 0.795. The predicted molar refractivity (Wildman–Crippen MR) is 88.8 cm³/mol. The van der Waals surface area contributed by atoms with E-state index in [0.29, 0.717) is 0 Å². The van der Waals surface area contributed by atoms with Crippen LogP contribution in [-0.2, 0) is 6.54 Å². The molecule has 1 saturated heterocycles. The summed E-state index contributed by atoms with van der Waals surface area (Å²) in [6, 6.07) is 8.62. The summed E-state index contributed by atoms with van der Waals surface area (Å²) >= 11 is 0. The maximum Gasteiger partial charge on any atom is 0.119 e. The molecular weight excluding hydrogens is 260 g/mol. The lowest BCUT2D eigenvalue weighted by atomic mass is 9.97. The minimum absolute atomic E-state index is 0.803. The molecule has 0 saturated carbocycles. The molecule has 1 aliphatic heterocycles. The molecule has 1 aromatic carbocycles. The molecule has 1 aromatic rings. The van der Waals surface area contributed by atoms with Crippen molar-refractivity contribution in [1.82, 2.24) is 10.2 Å². The van der Waals surface area contributed by atoms with E-state index < -0.39 is 0 Å². The van der Waals surface area contributed by atoms with Crippen molar-refractivity contribution >= 4 is 0 Å². The van der Waals surface area contributed by atoms with Crippen LogP contribution in [0.3, 0.4) is 0 Å². The molecule has 0 aromatic heterocycles. The maximum atomic E-state index is 5.64. The summed E-state index contributed by atoms with van der Waals surface area (Å²) in [5, 5.41) is 3.49. The van der Waals surface area contributed by atoms with E-state index in [1.807, 2.05) is 0 Å². The third kappa shape index (κ3) is 5.68.